The predicted molar refractivity (Wildman–Crippen MR) is 193 cm³/mol. The Morgan fingerprint density at radius 1 is 0.932 bits per heavy atom. The lowest BCUT2D eigenvalue weighted by atomic mass is 9.60. The van der Waals surface area contributed by atoms with Crippen LogP contribution in [-0.4, -0.2) is 6.04 Å². The van der Waals surface area contributed by atoms with Crippen LogP contribution in [0.5, 0.6) is 0 Å². The maximum atomic E-state index is 5.93. The van der Waals surface area contributed by atoms with Gasteiger partial charge >= 0.3 is 0 Å². The van der Waals surface area contributed by atoms with Crippen LogP contribution in [0.2, 0.25) is 0 Å². The van der Waals surface area contributed by atoms with Crippen molar-refractivity contribution in [3.05, 3.63) is 98.4 Å². The van der Waals surface area contributed by atoms with Gasteiger partial charge in [-0.2, -0.15) is 0 Å². The summed E-state index contributed by atoms with van der Waals surface area (Å²) in [7, 11) is 0. The van der Waals surface area contributed by atoms with Gasteiger partial charge in [-0.25, -0.2) is 0 Å². The highest BCUT2D eigenvalue weighted by Crippen LogP contribution is 2.52. The van der Waals surface area contributed by atoms with Crippen LogP contribution in [0.25, 0.3) is 34.7 Å². The number of benzene rings is 4. The predicted octanol–water partition coefficient (Wildman–Crippen LogP) is 8.92. The second-order valence-electron chi connectivity index (χ2n) is 15.0. The minimum atomic E-state index is 0.0949. The Balaban J connectivity index is 1.41. The van der Waals surface area contributed by atoms with Gasteiger partial charge in [0, 0.05) is 18.3 Å². The maximum Gasteiger partial charge on any atom is 0.0314 e. The summed E-state index contributed by atoms with van der Waals surface area (Å²) >= 11 is 0. The molecule has 6 rings (SSSR count). The average molecular weight is 585 g/mol. The van der Waals surface area contributed by atoms with Gasteiger partial charge in [0.25, 0.3) is 0 Å². The summed E-state index contributed by atoms with van der Waals surface area (Å²) in [6, 6.07) is 15.5. The number of fused-ring (bicyclic) bond motifs is 3. The lowest BCUT2D eigenvalue weighted by Gasteiger charge is -2.44. The van der Waals surface area contributed by atoms with Crippen molar-refractivity contribution in [2.45, 2.75) is 98.6 Å². The molecule has 0 amide bonds. The summed E-state index contributed by atoms with van der Waals surface area (Å²) in [4.78, 5) is 0. The lowest BCUT2D eigenvalue weighted by molar-refractivity contribution is 0.190. The highest BCUT2D eigenvalue weighted by molar-refractivity contribution is 6.04. The van der Waals surface area contributed by atoms with Gasteiger partial charge in [-0.1, -0.05) is 69.5 Å². The molecule has 0 aromatic heterocycles. The molecule has 5 atom stereocenters. The minimum absolute atomic E-state index is 0.0949. The smallest absolute Gasteiger partial charge is 0.0314 e. The molecule has 4 aromatic carbocycles. The van der Waals surface area contributed by atoms with Gasteiger partial charge in [-0.3, -0.25) is 0 Å². The SMILES string of the molecule is C=C(C)[C@]1(C)Cc2c(c(C)c3c(=C)c4c(C)cccc4c(=C)c3c2C)[C@@H](CC2CC(C)CC(NCc3ccc(N)cc3)C2)C1. The fraction of sp³-hybridized carbons (Fsp3) is 0.429. The largest absolute Gasteiger partial charge is 0.399 e. The van der Waals surface area contributed by atoms with Crippen molar-refractivity contribution in [1.82, 2.24) is 5.32 Å². The lowest BCUT2D eigenvalue weighted by Crippen LogP contribution is -2.38. The van der Waals surface area contributed by atoms with E-state index in [2.05, 4.69) is 83.8 Å². The number of rotatable bonds is 6. The zero-order valence-corrected chi connectivity index (χ0v) is 28.0. The summed E-state index contributed by atoms with van der Waals surface area (Å²) < 4.78 is 0. The topological polar surface area (TPSA) is 38.0 Å². The fourth-order valence-electron chi connectivity index (χ4n) is 9.24. The van der Waals surface area contributed by atoms with Crippen LogP contribution >= 0.6 is 0 Å². The Hall–Kier alpha value is -3.36. The standard InChI is InChI=1S/C42H52N2/c1-24(2)42(9)21-33(19-32-17-25(3)18-35(20-32)44-23-31-13-15-34(43)16-14-31)41-30(8)40-29(7)38-26(4)11-10-12-36(38)27(5)39(40)28(6)37(41)22-42/h10-16,25,32-33,35,44H,1,5,7,17-23,43H2,2-4,6,8-9H3/t25?,32?,33-,35?,42-/m0/s1. The first kappa shape index (κ1) is 30.7. The molecule has 3 N–H and O–H groups in total. The van der Waals surface area contributed by atoms with E-state index in [4.69, 9.17) is 18.9 Å². The van der Waals surface area contributed by atoms with Gasteiger partial charge in [0.2, 0.25) is 0 Å². The Kier molecular flexibility index (Phi) is 8.03. The molecule has 4 aromatic rings. The minimum Gasteiger partial charge on any atom is -0.399 e. The van der Waals surface area contributed by atoms with Crippen LogP contribution in [0.1, 0.15) is 92.2 Å². The molecule has 2 heteroatoms. The molecule has 0 heterocycles. The quantitative estimate of drug-likeness (QED) is 0.135. The van der Waals surface area contributed by atoms with E-state index in [0.717, 1.165) is 29.8 Å². The van der Waals surface area contributed by atoms with E-state index in [1.807, 2.05) is 12.1 Å². The maximum absolute atomic E-state index is 5.93. The molecule has 1 fully saturated rings. The molecule has 0 aliphatic heterocycles. The van der Waals surface area contributed by atoms with E-state index in [0.29, 0.717) is 17.9 Å². The van der Waals surface area contributed by atoms with Crippen LogP contribution in [0.4, 0.5) is 5.69 Å². The number of aryl methyl sites for hydroxylation is 3. The van der Waals surface area contributed by atoms with Crippen molar-refractivity contribution >= 4 is 40.4 Å². The molecular weight excluding hydrogens is 532 g/mol. The second kappa shape index (κ2) is 11.5. The number of hydrogen-bond acceptors (Lipinski definition) is 2. The van der Waals surface area contributed by atoms with E-state index < -0.39 is 0 Å². The van der Waals surface area contributed by atoms with Crippen molar-refractivity contribution < 1.29 is 0 Å². The Morgan fingerprint density at radius 2 is 1.64 bits per heavy atom. The van der Waals surface area contributed by atoms with Crippen LogP contribution in [0.15, 0.2) is 54.6 Å². The number of anilines is 1. The van der Waals surface area contributed by atoms with E-state index in [1.165, 1.54) is 86.7 Å². The van der Waals surface area contributed by atoms with Crippen molar-refractivity contribution in [3.63, 3.8) is 0 Å². The van der Waals surface area contributed by atoms with Gasteiger partial charge in [0.05, 0.1) is 0 Å². The number of nitrogen functional groups attached to an aromatic ring is 1. The zero-order valence-electron chi connectivity index (χ0n) is 28.0. The normalized spacial score (nSPS) is 25.3. The molecule has 0 spiro atoms. The van der Waals surface area contributed by atoms with Crippen LogP contribution in [-0.2, 0) is 13.0 Å². The number of allylic oxidation sites excluding steroid dienone is 1. The van der Waals surface area contributed by atoms with Crippen molar-refractivity contribution in [1.29, 1.82) is 0 Å². The van der Waals surface area contributed by atoms with Gasteiger partial charge in [-0.05, 0) is 167 Å². The van der Waals surface area contributed by atoms with Gasteiger partial charge in [0.1, 0.15) is 0 Å². The highest BCUT2D eigenvalue weighted by Gasteiger charge is 2.40. The molecule has 230 valence electrons. The molecule has 44 heavy (non-hydrogen) atoms. The van der Waals surface area contributed by atoms with Crippen LogP contribution in [0.3, 0.4) is 0 Å². The third kappa shape index (κ3) is 5.30. The Morgan fingerprint density at radius 3 is 2.34 bits per heavy atom. The van der Waals surface area contributed by atoms with E-state index in [9.17, 15) is 0 Å². The molecular formula is C42H52N2. The molecule has 3 unspecified atom stereocenters. The molecule has 1 saturated carbocycles. The molecule has 0 bridgehead atoms. The number of nitrogens with two attached hydrogens (primary N) is 1. The second-order valence-corrected chi connectivity index (χ2v) is 15.0. The van der Waals surface area contributed by atoms with Crippen molar-refractivity contribution in [2.75, 3.05) is 5.73 Å². The summed E-state index contributed by atoms with van der Waals surface area (Å²) in [5.74, 6) is 1.93. The summed E-state index contributed by atoms with van der Waals surface area (Å²) in [6.45, 7) is 29.0. The molecule has 0 saturated heterocycles. The Bertz CT molecular complexity index is 1860. The van der Waals surface area contributed by atoms with Gasteiger partial charge < -0.3 is 11.1 Å². The first-order chi connectivity index (χ1) is 20.9. The van der Waals surface area contributed by atoms with Gasteiger partial charge in [0.15, 0.2) is 0 Å². The fourth-order valence-corrected chi connectivity index (χ4v) is 9.24. The third-order valence-corrected chi connectivity index (χ3v) is 11.6. The first-order valence-corrected chi connectivity index (χ1v) is 16.8. The van der Waals surface area contributed by atoms with Crippen molar-refractivity contribution in [2.24, 2.45) is 17.3 Å². The van der Waals surface area contributed by atoms with Crippen molar-refractivity contribution in [3.8, 4) is 0 Å². The first-order valence-electron chi connectivity index (χ1n) is 16.8. The monoisotopic (exact) mass is 584 g/mol. The summed E-state index contributed by atoms with van der Waals surface area (Å²) in [6.07, 6.45) is 7.28. The summed E-state index contributed by atoms with van der Waals surface area (Å²) in [5, 5.41) is 11.4. The Labute approximate surface area is 265 Å². The number of hydrogen-bond donors (Lipinski definition) is 2. The molecule has 2 nitrogen and oxygen atoms in total. The number of nitrogens with one attached hydrogen (secondary N) is 1. The van der Waals surface area contributed by atoms with Crippen LogP contribution < -0.4 is 21.5 Å². The highest BCUT2D eigenvalue weighted by atomic mass is 14.9. The van der Waals surface area contributed by atoms with E-state index in [1.54, 1.807) is 11.1 Å². The molecule has 2 aliphatic carbocycles. The molecule has 2 aliphatic rings. The van der Waals surface area contributed by atoms with Gasteiger partial charge in [-0.15, -0.1) is 0 Å². The van der Waals surface area contributed by atoms with E-state index >= 15 is 0 Å². The van der Waals surface area contributed by atoms with Crippen LogP contribution in [0, 0.1) is 38.0 Å². The summed E-state index contributed by atoms with van der Waals surface area (Å²) in [5.41, 5.74) is 16.8. The third-order valence-electron chi connectivity index (χ3n) is 11.6. The zero-order chi connectivity index (χ0) is 31.5. The van der Waals surface area contributed by atoms with E-state index in [-0.39, 0.29) is 5.41 Å². The average Bonchev–Trinajstić information content (AvgIpc) is 2.96. The molecule has 0 radical (unpaired) electrons.